The molecular weight excluding hydrogens is 416 g/mol. The fraction of sp³-hybridized carbons (Fsp3) is 0.417. The molecule has 2 nitrogen and oxygen atoms in total. The molecule has 0 bridgehead atoms. The molecule has 0 aliphatic carbocycles. The van der Waals surface area contributed by atoms with Crippen LogP contribution in [0.25, 0.3) is 0 Å². The summed E-state index contributed by atoms with van der Waals surface area (Å²) in [5, 5.41) is 1.42. The van der Waals surface area contributed by atoms with Crippen LogP contribution in [0, 0.1) is 3.57 Å². The average Bonchev–Trinajstić information content (AvgIpc) is 2.31. The Kier molecular flexibility index (Phi) is 6.80. The van der Waals surface area contributed by atoms with Crippen LogP contribution in [0.4, 0.5) is 0 Å². The van der Waals surface area contributed by atoms with Gasteiger partial charge in [0.1, 0.15) is 0 Å². The highest BCUT2D eigenvalue weighted by Gasteiger charge is 2.15. The van der Waals surface area contributed by atoms with Crippen molar-refractivity contribution in [3.63, 3.8) is 0 Å². The van der Waals surface area contributed by atoms with Crippen molar-refractivity contribution in [3.8, 4) is 0 Å². The number of halogens is 3. The lowest BCUT2D eigenvalue weighted by Crippen LogP contribution is -2.33. The van der Waals surface area contributed by atoms with Crippen molar-refractivity contribution >= 4 is 56.0 Å². The molecule has 0 radical (unpaired) electrons. The van der Waals surface area contributed by atoms with Crippen LogP contribution >= 0.6 is 50.1 Å². The van der Waals surface area contributed by atoms with Crippen LogP contribution in [-0.2, 0) is 0 Å². The molecule has 0 heterocycles. The Balaban J connectivity index is 2.88. The second kappa shape index (κ2) is 7.59. The van der Waals surface area contributed by atoms with Crippen LogP contribution < -0.4 is 0 Å². The summed E-state index contributed by atoms with van der Waals surface area (Å²) in [6.45, 7) is 3.56. The lowest BCUT2D eigenvalue weighted by atomic mass is 10.2. The van der Waals surface area contributed by atoms with Gasteiger partial charge in [-0.15, -0.1) is 0 Å². The van der Waals surface area contributed by atoms with Gasteiger partial charge in [-0.1, -0.05) is 34.5 Å². The maximum Gasteiger partial charge on any atom is 0.253 e. The zero-order chi connectivity index (χ0) is 12.8. The zero-order valence-corrected chi connectivity index (χ0v) is 14.0. The molecule has 0 atom stereocenters. The topological polar surface area (TPSA) is 20.3 Å². The second-order valence-corrected chi connectivity index (χ2v) is 5.97. The molecule has 5 heteroatoms. The van der Waals surface area contributed by atoms with Gasteiger partial charge in [0.2, 0.25) is 0 Å². The number of carbonyl (C=O) groups is 1. The summed E-state index contributed by atoms with van der Waals surface area (Å²) in [5.74, 6) is 0.0459. The van der Waals surface area contributed by atoms with Crippen molar-refractivity contribution in [2.75, 3.05) is 18.4 Å². The van der Waals surface area contributed by atoms with Gasteiger partial charge in [0.25, 0.3) is 5.91 Å². The van der Waals surface area contributed by atoms with Gasteiger partial charge >= 0.3 is 0 Å². The third-order valence-electron chi connectivity index (χ3n) is 2.30. The summed E-state index contributed by atoms with van der Waals surface area (Å²) in [5.41, 5.74) is 0.657. The Morgan fingerprint density at radius 3 is 2.71 bits per heavy atom. The van der Waals surface area contributed by atoms with Crippen LogP contribution in [0.1, 0.15) is 23.7 Å². The number of nitrogens with zero attached hydrogens (tertiary/aromatic N) is 1. The first-order valence-electron chi connectivity index (χ1n) is 5.40. The molecule has 0 aromatic heterocycles. The number of hydrogen-bond donors (Lipinski definition) is 0. The Hall–Kier alpha value is 0.190. The Labute approximate surface area is 129 Å². The number of benzene rings is 1. The number of amides is 1. The first kappa shape index (κ1) is 15.2. The molecule has 0 saturated heterocycles. The van der Waals surface area contributed by atoms with E-state index < -0.39 is 0 Å². The maximum absolute atomic E-state index is 12.2. The first-order chi connectivity index (χ1) is 8.10. The molecule has 1 rings (SSSR count). The van der Waals surface area contributed by atoms with Gasteiger partial charge in [-0.3, -0.25) is 4.79 Å². The lowest BCUT2D eigenvalue weighted by Gasteiger charge is -2.21. The molecule has 0 unspecified atom stereocenters. The van der Waals surface area contributed by atoms with Gasteiger partial charge in [-0.25, -0.2) is 0 Å². The summed E-state index contributed by atoms with van der Waals surface area (Å²) in [6, 6.07) is 5.43. The molecule has 0 spiro atoms. The van der Waals surface area contributed by atoms with E-state index in [9.17, 15) is 4.79 Å². The third-order valence-corrected chi connectivity index (χ3v) is 4.23. The smallest absolute Gasteiger partial charge is 0.253 e. The van der Waals surface area contributed by atoms with Gasteiger partial charge in [0.15, 0.2) is 0 Å². The van der Waals surface area contributed by atoms with E-state index in [0.717, 1.165) is 28.4 Å². The minimum atomic E-state index is 0.0459. The van der Waals surface area contributed by atoms with Crippen LogP contribution in [0.15, 0.2) is 18.2 Å². The Morgan fingerprint density at radius 2 is 2.18 bits per heavy atom. The molecule has 1 amide bonds. The van der Waals surface area contributed by atoms with E-state index in [1.54, 1.807) is 6.07 Å². The van der Waals surface area contributed by atoms with Crippen LogP contribution in [-0.4, -0.2) is 29.2 Å². The van der Waals surface area contributed by atoms with Crippen molar-refractivity contribution in [2.24, 2.45) is 0 Å². The largest absolute Gasteiger partial charge is 0.338 e. The van der Waals surface area contributed by atoms with Crippen LogP contribution in [0.5, 0.6) is 0 Å². The molecule has 1 aromatic rings. The molecule has 94 valence electrons. The number of alkyl halides is 1. The molecule has 0 saturated carbocycles. The molecule has 0 aliphatic heterocycles. The average molecular weight is 431 g/mol. The molecule has 17 heavy (non-hydrogen) atoms. The third kappa shape index (κ3) is 4.41. The molecular formula is C12H14BrClINO. The molecule has 0 fully saturated rings. The second-order valence-electron chi connectivity index (χ2n) is 3.61. The highest BCUT2D eigenvalue weighted by Crippen LogP contribution is 2.20. The molecule has 0 N–H and O–H groups in total. The summed E-state index contributed by atoms with van der Waals surface area (Å²) >= 11 is 11.5. The highest BCUT2D eigenvalue weighted by molar-refractivity contribution is 14.1. The summed E-state index contributed by atoms with van der Waals surface area (Å²) in [7, 11) is 0. The van der Waals surface area contributed by atoms with Crippen molar-refractivity contribution < 1.29 is 4.79 Å². The molecule has 0 aliphatic rings. The summed E-state index contributed by atoms with van der Waals surface area (Å²) in [6.07, 6.45) is 0.955. The predicted molar refractivity (Wildman–Crippen MR) is 84.2 cm³/mol. The molecule has 1 aromatic carbocycles. The zero-order valence-electron chi connectivity index (χ0n) is 9.55. The van der Waals surface area contributed by atoms with Crippen molar-refractivity contribution in [1.82, 2.24) is 4.90 Å². The number of rotatable bonds is 5. The van der Waals surface area contributed by atoms with Crippen LogP contribution in [0.3, 0.4) is 0 Å². The SMILES string of the molecule is CCCN(CCBr)C(=O)c1ccc(I)c(Cl)c1. The minimum absolute atomic E-state index is 0.0459. The van der Waals surface area contributed by atoms with Crippen LogP contribution in [0.2, 0.25) is 5.02 Å². The van der Waals surface area contributed by atoms with Gasteiger partial charge in [-0.05, 0) is 47.2 Å². The van der Waals surface area contributed by atoms with Gasteiger partial charge in [-0.2, -0.15) is 0 Å². The van der Waals surface area contributed by atoms with Gasteiger partial charge < -0.3 is 4.90 Å². The van der Waals surface area contributed by atoms with Crippen molar-refractivity contribution in [1.29, 1.82) is 0 Å². The quantitative estimate of drug-likeness (QED) is 0.507. The van der Waals surface area contributed by atoms with Gasteiger partial charge in [0, 0.05) is 27.6 Å². The Morgan fingerprint density at radius 1 is 1.47 bits per heavy atom. The van der Waals surface area contributed by atoms with Crippen molar-refractivity contribution in [2.45, 2.75) is 13.3 Å². The van der Waals surface area contributed by atoms with Gasteiger partial charge in [0.05, 0.1) is 5.02 Å². The van der Waals surface area contributed by atoms with E-state index in [1.165, 1.54) is 0 Å². The predicted octanol–water partition coefficient (Wildman–Crippen LogP) is 4.19. The number of hydrogen-bond acceptors (Lipinski definition) is 1. The summed E-state index contributed by atoms with van der Waals surface area (Å²) < 4.78 is 0.961. The minimum Gasteiger partial charge on any atom is -0.338 e. The van der Waals surface area contributed by atoms with E-state index in [1.807, 2.05) is 17.0 Å². The standard InChI is InChI=1S/C12H14BrClINO/c1-2-6-16(7-5-13)12(17)9-3-4-11(15)10(14)8-9/h3-4,8H,2,5-7H2,1H3. The fourth-order valence-corrected chi connectivity index (χ4v) is 2.44. The maximum atomic E-state index is 12.2. The summed E-state index contributed by atoms with van der Waals surface area (Å²) in [4.78, 5) is 14.1. The number of carbonyl (C=O) groups excluding carboxylic acids is 1. The van der Waals surface area contributed by atoms with E-state index in [0.29, 0.717) is 10.6 Å². The van der Waals surface area contributed by atoms with E-state index in [-0.39, 0.29) is 5.91 Å². The van der Waals surface area contributed by atoms with E-state index in [2.05, 4.69) is 45.4 Å². The lowest BCUT2D eigenvalue weighted by molar-refractivity contribution is 0.0766. The highest BCUT2D eigenvalue weighted by atomic mass is 127. The van der Waals surface area contributed by atoms with E-state index in [4.69, 9.17) is 11.6 Å². The van der Waals surface area contributed by atoms with Crippen molar-refractivity contribution in [3.05, 3.63) is 32.4 Å². The Bertz CT molecular complexity index is 394. The monoisotopic (exact) mass is 429 g/mol. The first-order valence-corrected chi connectivity index (χ1v) is 7.98. The van der Waals surface area contributed by atoms with E-state index >= 15 is 0 Å². The normalized spacial score (nSPS) is 10.4. The fourth-order valence-electron chi connectivity index (χ4n) is 1.50.